The number of alkyl halides is 5. The van der Waals surface area contributed by atoms with Crippen molar-refractivity contribution in [3.8, 4) is 0 Å². The SMILES string of the molecule is CCOC(=O)c1c(C(F)F)nc(C(F)(F)F)c(C(=O)OCC)c1C1CC1. The van der Waals surface area contributed by atoms with Crippen molar-refractivity contribution in [2.24, 2.45) is 0 Å². The van der Waals surface area contributed by atoms with E-state index in [0.29, 0.717) is 12.8 Å². The van der Waals surface area contributed by atoms with Gasteiger partial charge in [0.15, 0.2) is 5.69 Å². The van der Waals surface area contributed by atoms with Crippen LogP contribution < -0.4 is 0 Å². The van der Waals surface area contributed by atoms with E-state index >= 15 is 0 Å². The van der Waals surface area contributed by atoms with Gasteiger partial charge in [0.05, 0.1) is 24.3 Å². The summed E-state index contributed by atoms with van der Waals surface area (Å²) >= 11 is 0. The van der Waals surface area contributed by atoms with Crippen LogP contribution in [0, 0.1) is 0 Å². The van der Waals surface area contributed by atoms with Gasteiger partial charge in [-0.1, -0.05) is 0 Å². The molecule has 26 heavy (non-hydrogen) atoms. The molecule has 0 atom stereocenters. The van der Waals surface area contributed by atoms with E-state index in [9.17, 15) is 31.5 Å². The maximum atomic E-state index is 13.4. The van der Waals surface area contributed by atoms with Crippen LogP contribution >= 0.6 is 0 Å². The average molecular weight is 381 g/mol. The maximum Gasteiger partial charge on any atom is 0.434 e. The minimum atomic E-state index is -5.18. The van der Waals surface area contributed by atoms with E-state index in [1.165, 1.54) is 13.8 Å². The summed E-state index contributed by atoms with van der Waals surface area (Å²) in [5, 5.41) is 0. The molecule has 0 radical (unpaired) electrons. The number of carbonyl (C=O) groups excluding carboxylic acids is 2. The van der Waals surface area contributed by atoms with Gasteiger partial charge in [-0.3, -0.25) is 0 Å². The first-order chi connectivity index (χ1) is 12.1. The Morgan fingerprint density at radius 3 is 1.96 bits per heavy atom. The van der Waals surface area contributed by atoms with Gasteiger partial charge in [0.2, 0.25) is 0 Å². The summed E-state index contributed by atoms with van der Waals surface area (Å²) in [6.45, 7) is 2.39. The highest BCUT2D eigenvalue weighted by Crippen LogP contribution is 2.48. The van der Waals surface area contributed by atoms with Crippen molar-refractivity contribution >= 4 is 11.9 Å². The molecule has 1 fully saturated rings. The zero-order valence-electron chi connectivity index (χ0n) is 14.0. The van der Waals surface area contributed by atoms with Crippen LogP contribution in [0.5, 0.6) is 0 Å². The molecule has 0 unspecified atom stereocenters. The van der Waals surface area contributed by atoms with Crippen molar-refractivity contribution in [1.82, 2.24) is 4.98 Å². The molecule has 0 aliphatic heterocycles. The van der Waals surface area contributed by atoms with E-state index in [0.717, 1.165) is 0 Å². The summed E-state index contributed by atoms with van der Waals surface area (Å²) in [6, 6.07) is 0. The number of rotatable bonds is 6. The van der Waals surface area contributed by atoms with Crippen LogP contribution in [0.15, 0.2) is 0 Å². The molecule has 0 N–H and O–H groups in total. The van der Waals surface area contributed by atoms with Crippen LogP contribution in [0.3, 0.4) is 0 Å². The largest absolute Gasteiger partial charge is 0.462 e. The Morgan fingerprint density at radius 2 is 1.58 bits per heavy atom. The fraction of sp³-hybridized carbons (Fsp3) is 0.562. The minimum absolute atomic E-state index is 0.179. The monoisotopic (exact) mass is 381 g/mol. The minimum Gasteiger partial charge on any atom is -0.462 e. The third-order valence-corrected chi connectivity index (χ3v) is 3.68. The standard InChI is InChI=1S/C16H16F5NO4/c1-3-25-14(23)9-8(7-5-6-7)10(15(24)26-4-2)12(16(19,20)21)22-11(9)13(17)18/h7,13H,3-6H2,1-2H3. The van der Waals surface area contributed by atoms with Crippen LogP contribution in [-0.2, 0) is 15.7 Å². The molecule has 10 heteroatoms. The molecular formula is C16H16F5NO4. The molecule has 0 saturated heterocycles. The highest BCUT2D eigenvalue weighted by Gasteiger charge is 2.46. The third-order valence-electron chi connectivity index (χ3n) is 3.68. The first kappa shape index (κ1) is 20.1. The Morgan fingerprint density at radius 1 is 1.08 bits per heavy atom. The van der Waals surface area contributed by atoms with Gasteiger partial charge in [-0.15, -0.1) is 0 Å². The predicted molar refractivity (Wildman–Crippen MR) is 78.1 cm³/mol. The van der Waals surface area contributed by atoms with E-state index in [1.54, 1.807) is 0 Å². The average Bonchev–Trinajstić information content (AvgIpc) is 3.36. The fourth-order valence-electron chi connectivity index (χ4n) is 2.59. The van der Waals surface area contributed by atoms with Gasteiger partial charge in [-0.2, -0.15) is 13.2 Å². The molecule has 1 aliphatic carbocycles. The molecule has 5 nitrogen and oxygen atoms in total. The van der Waals surface area contributed by atoms with Crippen molar-refractivity contribution in [1.29, 1.82) is 0 Å². The molecule has 1 saturated carbocycles. The Labute approximate surface area is 145 Å². The summed E-state index contributed by atoms with van der Waals surface area (Å²) in [5.74, 6) is -3.24. The van der Waals surface area contributed by atoms with Gasteiger partial charge < -0.3 is 9.47 Å². The van der Waals surface area contributed by atoms with Crippen LogP contribution in [0.2, 0.25) is 0 Å². The molecule has 2 rings (SSSR count). The summed E-state index contributed by atoms with van der Waals surface area (Å²) in [5.41, 5.74) is -5.30. The lowest BCUT2D eigenvalue weighted by molar-refractivity contribution is -0.142. The van der Waals surface area contributed by atoms with Gasteiger partial charge in [-0.25, -0.2) is 23.4 Å². The van der Waals surface area contributed by atoms with E-state index in [4.69, 9.17) is 4.74 Å². The lowest BCUT2D eigenvalue weighted by Gasteiger charge is -2.20. The molecule has 1 aromatic heterocycles. The zero-order chi connectivity index (χ0) is 19.6. The molecule has 1 aromatic rings. The van der Waals surface area contributed by atoms with Gasteiger partial charge in [-0.05, 0) is 38.2 Å². The van der Waals surface area contributed by atoms with Crippen molar-refractivity contribution < 1.29 is 41.0 Å². The summed E-state index contributed by atoms with van der Waals surface area (Å²) in [4.78, 5) is 27.3. The number of halogens is 5. The maximum absolute atomic E-state index is 13.4. The van der Waals surface area contributed by atoms with Crippen LogP contribution in [0.4, 0.5) is 22.0 Å². The van der Waals surface area contributed by atoms with Crippen LogP contribution in [0.1, 0.15) is 76.7 Å². The number of carbonyl (C=O) groups is 2. The smallest absolute Gasteiger partial charge is 0.434 e. The van der Waals surface area contributed by atoms with Crippen LogP contribution in [-0.4, -0.2) is 30.1 Å². The first-order valence-corrected chi connectivity index (χ1v) is 7.90. The fourth-order valence-corrected chi connectivity index (χ4v) is 2.59. The van der Waals surface area contributed by atoms with Crippen molar-refractivity contribution in [3.05, 3.63) is 28.1 Å². The zero-order valence-corrected chi connectivity index (χ0v) is 14.0. The second-order valence-corrected chi connectivity index (χ2v) is 5.52. The lowest BCUT2D eigenvalue weighted by Crippen LogP contribution is -2.25. The van der Waals surface area contributed by atoms with E-state index < -0.39 is 58.5 Å². The highest BCUT2D eigenvalue weighted by molar-refractivity contribution is 6.00. The van der Waals surface area contributed by atoms with E-state index in [-0.39, 0.29) is 13.2 Å². The number of ether oxygens (including phenoxy) is 2. The molecule has 0 amide bonds. The van der Waals surface area contributed by atoms with Gasteiger partial charge in [0.1, 0.15) is 5.69 Å². The topological polar surface area (TPSA) is 65.5 Å². The summed E-state index contributed by atoms with van der Waals surface area (Å²) in [7, 11) is 0. The second kappa shape index (κ2) is 7.55. The van der Waals surface area contributed by atoms with E-state index in [1.807, 2.05) is 0 Å². The first-order valence-electron chi connectivity index (χ1n) is 7.90. The number of hydrogen-bond acceptors (Lipinski definition) is 5. The molecule has 144 valence electrons. The molecule has 0 bridgehead atoms. The Balaban J connectivity index is 2.88. The summed E-state index contributed by atoms with van der Waals surface area (Å²) in [6.07, 6.45) is -7.93. The van der Waals surface area contributed by atoms with E-state index in [2.05, 4.69) is 9.72 Å². The van der Waals surface area contributed by atoms with Crippen molar-refractivity contribution in [3.63, 3.8) is 0 Å². The number of hydrogen-bond donors (Lipinski definition) is 0. The molecule has 0 spiro atoms. The Kier molecular flexibility index (Phi) is 5.82. The Bertz CT molecular complexity index is 714. The quantitative estimate of drug-likeness (QED) is 0.544. The highest BCUT2D eigenvalue weighted by atomic mass is 19.4. The van der Waals surface area contributed by atoms with Crippen molar-refractivity contribution in [2.75, 3.05) is 13.2 Å². The van der Waals surface area contributed by atoms with Crippen molar-refractivity contribution in [2.45, 2.75) is 45.2 Å². The number of pyridine rings is 1. The van der Waals surface area contributed by atoms with Gasteiger partial charge >= 0.3 is 18.1 Å². The number of aromatic nitrogens is 1. The number of esters is 2. The van der Waals surface area contributed by atoms with Crippen LogP contribution in [0.25, 0.3) is 0 Å². The normalized spacial score (nSPS) is 14.5. The molecular weight excluding hydrogens is 365 g/mol. The third kappa shape index (κ3) is 3.94. The predicted octanol–water partition coefficient (Wildman–Crippen LogP) is 4.27. The number of nitrogens with zero attached hydrogens (tertiary/aromatic N) is 1. The summed E-state index contributed by atoms with van der Waals surface area (Å²) < 4.78 is 76.4. The second-order valence-electron chi connectivity index (χ2n) is 5.52. The molecule has 1 heterocycles. The van der Waals surface area contributed by atoms with Gasteiger partial charge in [0.25, 0.3) is 6.43 Å². The van der Waals surface area contributed by atoms with Gasteiger partial charge in [0, 0.05) is 0 Å². The molecule has 1 aliphatic rings. The lowest BCUT2D eigenvalue weighted by atomic mass is 9.93. The Hall–Kier alpha value is -2.26. The molecule has 0 aromatic carbocycles.